The van der Waals surface area contributed by atoms with Crippen LogP contribution in [0.25, 0.3) is 0 Å². The maximum absolute atomic E-state index is 4.49. The van der Waals surface area contributed by atoms with Gasteiger partial charge < -0.3 is 5.32 Å². The maximum Gasteiger partial charge on any atom is 0.209 e. The quantitative estimate of drug-likeness (QED) is 0.447. The van der Waals surface area contributed by atoms with Crippen molar-refractivity contribution >= 4 is 29.7 Å². The van der Waals surface area contributed by atoms with E-state index >= 15 is 0 Å². The zero-order valence-corrected chi connectivity index (χ0v) is 15.2. The Bertz CT molecular complexity index is 830. The summed E-state index contributed by atoms with van der Waals surface area (Å²) in [5, 5.41) is 3.26. The van der Waals surface area contributed by atoms with Crippen LogP contribution < -0.4 is 5.32 Å². The van der Waals surface area contributed by atoms with Crippen molar-refractivity contribution in [3.05, 3.63) is 78.5 Å². The molecule has 0 aromatic heterocycles. The number of anilines is 1. The molecule has 1 N–H and O–H groups in total. The molecule has 1 heterocycles. The summed E-state index contributed by atoms with van der Waals surface area (Å²) in [6.07, 6.45) is 8.24. The van der Waals surface area contributed by atoms with Crippen molar-refractivity contribution in [2.75, 3.05) is 12.4 Å². The standard InChI is InChI=1S/C21H22N2S/c1-21(2)18-15-17(24)12-13-19(18)23(3)20(21)11-7-8-14-22-16-9-5-4-6-10-16/h4-15,24H,1-3H3/p+1. The van der Waals surface area contributed by atoms with Gasteiger partial charge in [-0.3, -0.25) is 0 Å². The molecule has 2 aromatic rings. The predicted octanol–water partition coefficient (Wildman–Crippen LogP) is 5.16. The summed E-state index contributed by atoms with van der Waals surface area (Å²) >= 11 is 4.49. The number of benzene rings is 2. The van der Waals surface area contributed by atoms with Crippen LogP contribution in [0.15, 0.2) is 77.9 Å². The molecule has 2 aromatic carbocycles. The highest BCUT2D eigenvalue weighted by atomic mass is 32.1. The number of allylic oxidation sites excluding steroid dienone is 3. The fourth-order valence-corrected chi connectivity index (χ4v) is 3.41. The van der Waals surface area contributed by atoms with Crippen LogP contribution in [0.2, 0.25) is 0 Å². The minimum Gasteiger partial charge on any atom is -0.362 e. The van der Waals surface area contributed by atoms with Gasteiger partial charge in [-0.1, -0.05) is 24.3 Å². The zero-order chi connectivity index (χ0) is 17.2. The lowest BCUT2D eigenvalue weighted by molar-refractivity contribution is -0.401. The van der Waals surface area contributed by atoms with E-state index in [4.69, 9.17) is 0 Å². The van der Waals surface area contributed by atoms with Crippen LogP contribution in [0.5, 0.6) is 0 Å². The number of fused-ring (bicyclic) bond motifs is 1. The van der Waals surface area contributed by atoms with Gasteiger partial charge in [0.05, 0.1) is 5.41 Å². The molecule has 0 radical (unpaired) electrons. The lowest BCUT2D eigenvalue weighted by Crippen LogP contribution is -2.26. The first-order valence-electron chi connectivity index (χ1n) is 8.09. The van der Waals surface area contributed by atoms with Gasteiger partial charge in [0, 0.05) is 34.5 Å². The van der Waals surface area contributed by atoms with Crippen molar-refractivity contribution in [3.8, 4) is 0 Å². The van der Waals surface area contributed by atoms with Gasteiger partial charge in [0.2, 0.25) is 5.69 Å². The van der Waals surface area contributed by atoms with Crippen LogP contribution in [0.3, 0.4) is 0 Å². The molecule has 24 heavy (non-hydrogen) atoms. The fourth-order valence-electron chi connectivity index (χ4n) is 3.21. The number of rotatable bonds is 4. The molecule has 3 heteroatoms. The SMILES string of the molecule is C[N+]1=C(/C=C/C=C/Nc2ccccc2)C(C)(C)c2cc(S)ccc21. The Labute approximate surface area is 149 Å². The Morgan fingerprint density at radius 2 is 1.79 bits per heavy atom. The van der Waals surface area contributed by atoms with Gasteiger partial charge in [-0.05, 0) is 44.2 Å². The van der Waals surface area contributed by atoms with Gasteiger partial charge >= 0.3 is 0 Å². The number of nitrogens with one attached hydrogen (secondary N) is 1. The number of nitrogens with zero attached hydrogens (tertiary/aromatic N) is 1. The van der Waals surface area contributed by atoms with E-state index in [-0.39, 0.29) is 5.41 Å². The summed E-state index contributed by atoms with van der Waals surface area (Å²) < 4.78 is 2.26. The predicted molar refractivity (Wildman–Crippen MR) is 106 cm³/mol. The van der Waals surface area contributed by atoms with Gasteiger partial charge in [0.25, 0.3) is 0 Å². The van der Waals surface area contributed by atoms with Gasteiger partial charge in [0.15, 0.2) is 5.71 Å². The van der Waals surface area contributed by atoms with Crippen LogP contribution in [0, 0.1) is 0 Å². The van der Waals surface area contributed by atoms with E-state index in [2.05, 4.69) is 67.7 Å². The largest absolute Gasteiger partial charge is 0.362 e. The molecule has 0 saturated carbocycles. The monoisotopic (exact) mass is 335 g/mol. The van der Waals surface area contributed by atoms with Crippen molar-refractivity contribution in [2.45, 2.75) is 24.2 Å². The van der Waals surface area contributed by atoms with Gasteiger partial charge in [-0.2, -0.15) is 4.58 Å². The maximum atomic E-state index is 4.49. The molecule has 0 amide bonds. The molecule has 0 unspecified atom stereocenters. The molecule has 3 rings (SSSR count). The van der Waals surface area contributed by atoms with Crippen molar-refractivity contribution in [1.82, 2.24) is 0 Å². The highest BCUT2D eigenvalue weighted by molar-refractivity contribution is 7.80. The van der Waals surface area contributed by atoms with Crippen molar-refractivity contribution in [1.29, 1.82) is 0 Å². The van der Waals surface area contributed by atoms with Crippen LogP contribution in [-0.2, 0) is 5.41 Å². The molecule has 0 atom stereocenters. The Hall–Kier alpha value is -2.26. The minimum absolute atomic E-state index is 0.0278. The Balaban J connectivity index is 1.76. The zero-order valence-electron chi connectivity index (χ0n) is 14.3. The average molecular weight is 335 g/mol. The van der Waals surface area contributed by atoms with Crippen LogP contribution in [0.1, 0.15) is 19.4 Å². The summed E-state index contributed by atoms with van der Waals surface area (Å²) in [5.74, 6) is 0. The molecule has 122 valence electrons. The topological polar surface area (TPSA) is 15.0 Å². The molecule has 0 fully saturated rings. The van der Waals surface area contributed by atoms with E-state index < -0.39 is 0 Å². The molecule has 1 aliphatic rings. The first-order chi connectivity index (χ1) is 11.5. The summed E-state index contributed by atoms with van der Waals surface area (Å²) in [5.41, 5.74) is 4.91. The Morgan fingerprint density at radius 3 is 2.54 bits per heavy atom. The third kappa shape index (κ3) is 3.17. The molecule has 0 spiro atoms. The first kappa shape index (κ1) is 16.6. The average Bonchev–Trinajstić information content (AvgIpc) is 2.75. The fraction of sp³-hybridized carbons (Fsp3) is 0.190. The van der Waals surface area contributed by atoms with Gasteiger partial charge in [0.1, 0.15) is 7.05 Å². The van der Waals surface area contributed by atoms with Crippen LogP contribution >= 0.6 is 12.6 Å². The van der Waals surface area contributed by atoms with E-state index in [0.717, 1.165) is 10.6 Å². The smallest absolute Gasteiger partial charge is 0.209 e. The molecular formula is C21H23N2S+. The summed E-state index contributed by atoms with van der Waals surface area (Å²) in [6, 6.07) is 16.5. The summed E-state index contributed by atoms with van der Waals surface area (Å²) in [6.45, 7) is 4.52. The van der Waals surface area contributed by atoms with Crippen LogP contribution in [0.4, 0.5) is 11.4 Å². The summed E-state index contributed by atoms with van der Waals surface area (Å²) in [7, 11) is 2.12. The Kier molecular flexibility index (Phi) is 4.63. The Morgan fingerprint density at radius 1 is 1.04 bits per heavy atom. The molecule has 0 saturated heterocycles. The molecule has 0 bridgehead atoms. The van der Waals surface area contributed by atoms with E-state index in [1.165, 1.54) is 17.0 Å². The molecule has 1 aliphatic heterocycles. The number of hydrogen-bond donors (Lipinski definition) is 2. The number of hydrogen-bond acceptors (Lipinski definition) is 2. The molecule has 0 aliphatic carbocycles. The summed E-state index contributed by atoms with van der Waals surface area (Å²) in [4.78, 5) is 1.01. The lowest BCUT2D eigenvalue weighted by Gasteiger charge is -2.15. The second-order valence-electron chi connectivity index (χ2n) is 6.50. The second-order valence-corrected chi connectivity index (χ2v) is 7.02. The lowest BCUT2D eigenvalue weighted by atomic mass is 9.81. The molecule has 2 nitrogen and oxygen atoms in total. The second kappa shape index (κ2) is 6.70. The van der Waals surface area contributed by atoms with Gasteiger partial charge in [-0.25, -0.2) is 0 Å². The third-order valence-electron chi connectivity index (χ3n) is 4.50. The third-order valence-corrected chi connectivity index (χ3v) is 4.78. The van der Waals surface area contributed by atoms with Crippen molar-refractivity contribution in [2.24, 2.45) is 0 Å². The highest BCUT2D eigenvalue weighted by Gasteiger charge is 2.42. The van der Waals surface area contributed by atoms with E-state index in [9.17, 15) is 0 Å². The highest BCUT2D eigenvalue weighted by Crippen LogP contribution is 2.40. The van der Waals surface area contributed by atoms with E-state index in [1.54, 1.807) is 0 Å². The number of thiol groups is 1. The minimum atomic E-state index is -0.0278. The normalized spacial score (nSPS) is 16.2. The first-order valence-corrected chi connectivity index (χ1v) is 8.54. The van der Waals surface area contributed by atoms with E-state index in [0.29, 0.717) is 0 Å². The van der Waals surface area contributed by atoms with E-state index in [1.807, 2.05) is 48.7 Å². The van der Waals surface area contributed by atoms with Gasteiger partial charge in [-0.15, -0.1) is 12.6 Å². The molecular weight excluding hydrogens is 312 g/mol. The van der Waals surface area contributed by atoms with Crippen molar-refractivity contribution in [3.63, 3.8) is 0 Å². The number of para-hydroxylation sites is 1. The van der Waals surface area contributed by atoms with Crippen molar-refractivity contribution < 1.29 is 4.58 Å². The van der Waals surface area contributed by atoms with Crippen LogP contribution in [-0.4, -0.2) is 17.3 Å².